The Labute approximate surface area is 179 Å². The highest BCUT2D eigenvalue weighted by Crippen LogP contribution is 2.60. The highest BCUT2D eigenvalue weighted by molar-refractivity contribution is 5.36. The Bertz CT molecular complexity index is 650. The van der Waals surface area contributed by atoms with Gasteiger partial charge in [-0.15, -0.1) is 0 Å². The van der Waals surface area contributed by atoms with Crippen LogP contribution in [0.2, 0.25) is 0 Å². The molecule has 2 nitrogen and oxygen atoms in total. The molecule has 0 saturated heterocycles. The summed E-state index contributed by atoms with van der Waals surface area (Å²) in [6, 6.07) is 0. The molecule has 0 heterocycles. The van der Waals surface area contributed by atoms with Gasteiger partial charge in [0.05, 0.1) is 11.7 Å². The van der Waals surface area contributed by atoms with Crippen LogP contribution >= 0.6 is 0 Å². The number of allylic oxidation sites excluding steroid dienone is 4. The van der Waals surface area contributed by atoms with Gasteiger partial charge in [-0.1, -0.05) is 56.6 Å². The maximum absolute atomic E-state index is 10.0. The third-order valence-corrected chi connectivity index (χ3v) is 8.36. The third-order valence-electron chi connectivity index (χ3n) is 8.36. The molecule has 0 amide bonds. The van der Waals surface area contributed by atoms with Gasteiger partial charge in [0, 0.05) is 0 Å². The van der Waals surface area contributed by atoms with E-state index in [1.807, 2.05) is 13.8 Å². The summed E-state index contributed by atoms with van der Waals surface area (Å²) in [4.78, 5) is 0. The molecular weight excluding hydrogens is 356 g/mol. The molecule has 0 aromatic carbocycles. The van der Waals surface area contributed by atoms with Crippen LogP contribution in [-0.2, 0) is 0 Å². The first-order valence-corrected chi connectivity index (χ1v) is 12.1. The van der Waals surface area contributed by atoms with Gasteiger partial charge in [0.2, 0.25) is 0 Å². The summed E-state index contributed by atoms with van der Waals surface area (Å²) in [5, 5.41) is 20.1. The second-order valence-electron chi connectivity index (χ2n) is 11.2. The molecule has 2 N–H and O–H groups in total. The van der Waals surface area contributed by atoms with E-state index in [2.05, 4.69) is 32.6 Å². The van der Waals surface area contributed by atoms with Crippen molar-refractivity contribution < 1.29 is 10.2 Å². The summed E-state index contributed by atoms with van der Waals surface area (Å²) in [5.41, 5.74) is 4.02. The monoisotopic (exact) mass is 400 g/mol. The summed E-state index contributed by atoms with van der Waals surface area (Å²) < 4.78 is 0. The predicted octanol–water partition coefficient (Wildman–Crippen LogP) is 6.73. The van der Waals surface area contributed by atoms with Crippen molar-refractivity contribution in [2.24, 2.45) is 23.2 Å². The molecule has 3 aliphatic carbocycles. The number of rotatable bonds is 6. The fourth-order valence-corrected chi connectivity index (χ4v) is 6.67. The molecule has 3 fully saturated rings. The highest BCUT2D eigenvalue weighted by Gasteiger charge is 2.50. The Balaban J connectivity index is 1.68. The topological polar surface area (TPSA) is 40.5 Å². The van der Waals surface area contributed by atoms with Crippen LogP contribution in [0.3, 0.4) is 0 Å². The first kappa shape index (κ1) is 22.8. The van der Waals surface area contributed by atoms with Crippen molar-refractivity contribution in [2.45, 2.75) is 110 Å². The fraction of sp³-hybridized carbons (Fsp3) is 0.778. The van der Waals surface area contributed by atoms with Gasteiger partial charge in [-0.2, -0.15) is 0 Å². The van der Waals surface area contributed by atoms with Gasteiger partial charge in [0.1, 0.15) is 0 Å². The van der Waals surface area contributed by atoms with Gasteiger partial charge in [-0.05, 0) is 100 Å². The molecule has 0 bridgehead atoms. The van der Waals surface area contributed by atoms with Crippen LogP contribution in [0.15, 0.2) is 35.5 Å². The maximum atomic E-state index is 10.0. The minimum Gasteiger partial charge on any atom is -0.393 e. The SMILES string of the molecule is C=C1CCC(O)CC1=CC=C1CCC[C@@]2(C)C1CCC2C(C)CCCC(C)(C)O. The molecular formula is C27H44O2. The normalized spacial score (nSPS) is 37.2. The molecule has 4 unspecified atom stereocenters. The van der Waals surface area contributed by atoms with Gasteiger partial charge in [-0.25, -0.2) is 0 Å². The molecule has 164 valence electrons. The lowest BCUT2D eigenvalue weighted by molar-refractivity contribution is 0.0596. The molecule has 2 heteroatoms. The van der Waals surface area contributed by atoms with Crippen molar-refractivity contribution in [2.75, 3.05) is 0 Å². The molecule has 0 aromatic rings. The molecule has 0 spiro atoms. The zero-order chi connectivity index (χ0) is 21.2. The van der Waals surface area contributed by atoms with Gasteiger partial charge < -0.3 is 10.2 Å². The van der Waals surface area contributed by atoms with Gasteiger partial charge in [-0.3, -0.25) is 0 Å². The summed E-state index contributed by atoms with van der Waals surface area (Å²) in [5.74, 6) is 2.26. The lowest BCUT2D eigenvalue weighted by atomic mass is 9.60. The van der Waals surface area contributed by atoms with Crippen LogP contribution in [0.4, 0.5) is 0 Å². The number of aliphatic hydroxyl groups excluding tert-OH is 1. The Kier molecular flexibility index (Phi) is 7.16. The van der Waals surface area contributed by atoms with Crippen molar-refractivity contribution >= 4 is 0 Å². The average molecular weight is 401 g/mol. The molecule has 3 rings (SSSR count). The van der Waals surface area contributed by atoms with Crippen LogP contribution in [0.1, 0.15) is 98.3 Å². The minimum atomic E-state index is -0.535. The van der Waals surface area contributed by atoms with E-state index in [0.717, 1.165) is 49.9 Å². The average Bonchev–Trinajstić information content (AvgIpc) is 2.99. The number of hydrogen-bond donors (Lipinski definition) is 2. The second-order valence-corrected chi connectivity index (χ2v) is 11.2. The Hall–Kier alpha value is -0.860. The minimum absolute atomic E-state index is 0.192. The third kappa shape index (κ3) is 5.44. The molecule has 3 saturated carbocycles. The largest absolute Gasteiger partial charge is 0.393 e. The standard InChI is InChI=1S/C27H44O2/c1-19-10-13-23(28)18-22(19)12-11-21-9-7-17-27(5)24(14-15-25(21)27)20(2)8-6-16-26(3,4)29/h11-12,20,23-25,28-29H,1,6-10,13-18H2,2-5H3/t20?,23?,24?,25?,27-/m1/s1. The first-order valence-electron chi connectivity index (χ1n) is 12.1. The van der Waals surface area contributed by atoms with E-state index in [-0.39, 0.29) is 6.10 Å². The fourth-order valence-electron chi connectivity index (χ4n) is 6.67. The highest BCUT2D eigenvalue weighted by atomic mass is 16.3. The lowest BCUT2D eigenvalue weighted by Crippen LogP contribution is -2.36. The van der Waals surface area contributed by atoms with Gasteiger partial charge in [0.15, 0.2) is 0 Å². The van der Waals surface area contributed by atoms with Crippen molar-refractivity contribution in [1.82, 2.24) is 0 Å². The molecule has 5 atom stereocenters. The maximum Gasteiger partial charge on any atom is 0.0591 e. The zero-order valence-electron chi connectivity index (χ0n) is 19.3. The number of hydrogen-bond acceptors (Lipinski definition) is 2. The van der Waals surface area contributed by atoms with Crippen molar-refractivity contribution in [3.05, 3.63) is 35.5 Å². The summed E-state index contributed by atoms with van der Waals surface area (Å²) in [6.45, 7) is 13.1. The summed E-state index contributed by atoms with van der Waals surface area (Å²) in [6.07, 6.45) is 16.9. The Morgan fingerprint density at radius 1 is 1.21 bits per heavy atom. The summed E-state index contributed by atoms with van der Waals surface area (Å²) in [7, 11) is 0. The molecule has 0 aliphatic heterocycles. The molecule has 0 radical (unpaired) electrons. The summed E-state index contributed by atoms with van der Waals surface area (Å²) >= 11 is 0. The second kappa shape index (κ2) is 9.10. The van der Waals surface area contributed by atoms with E-state index in [4.69, 9.17) is 0 Å². The smallest absolute Gasteiger partial charge is 0.0591 e. The van der Waals surface area contributed by atoms with E-state index < -0.39 is 5.60 Å². The van der Waals surface area contributed by atoms with Crippen LogP contribution in [0.5, 0.6) is 0 Å². The van der Waals surface area contributed by atoms with Crippen molar-refractivity contribution in [3.63, 3.8) is 0 Å². The van der Waals surface area contributed by atoms with E-state index >= 15 is 0 Å². The van der Waals surface area contributed by atoms with E-state index in [1.165, 1.54) is 49.7 Å². The number of fused-ring (bicyclic) bond motifs is 1. The molecule has 0 aromatic heterocycles. The Morgan fingerprint density at radius 3 is 2.69 bits per heavy atom. The van der Waals surface area contributed by atoms with Crippen LogP contribution in [0.25, 0.3) is 0 Å². The van der Waals surface area contributed by atoms with Crippen LogP contribution < -0.4 is 0 Å². The zero-order valence-corrected chi connectivity index (χ0v) is 19.3. The van der Waals surface area contributed by atoms with Crippen molar-refractivity contribution in [3.8, 4) is 0 Å². The predicted molar refractivity (Wildman–Crippen MR) is 123 cm³/mol. The first-order chi connectivity index (χ1) is 13.6. The van der Waals surface area contributed by atoms with Gasteiger partial charge >= 0.3 is 0 Å². The number of aliphatic hydroxyl groups is 2. The van der Waals surface area contributed by atoms with Gasteiger partial charge in [0.25, 0.3) is 0 Å². The van der Waals surface area contributed by atoms with E-state index in [0.29, 0.717) is 5.41 Å². The lowest BCUT2D eigenvalue weighted by Gasteiger charge is -2.44. The van der Waals surface area contributed by atoms with E-state index in [9.17, 15) is 10.2 Å². The Morgan fingerprint density at radius 2 is 1.97 bits per heavy atom. The molecule has 29 heavy (non-hydrogen) atoms. The van der Waals surface area contributed by atoms with Crippen molar-refractivity contribution in [1.29, 1.82) is 0 Å². The molecule has 3 aliphatic rings. The van der Waals surface area contributed by atoms with E-state index in [1.54, 1.807) is 5.57 Å². The van der Waals surface area contributed by atoms with Crippen LogP contribution in [0, 0.1) is 23.2 Å². The van der Waals surface area contributed by atoms with Crippen LogP contribution in [-0.4, -0.2) is 21.9 Å². The quantitative estimate of drug-likeness (QED) is 0.518.